The van der Waals surface area contributed by atoms with Crippen molar-refractivity contribution in [1.82, 2.24) is 10.2 Å². The standard InChI is InChI=1S/C16H22N2O/c1-12-6-4-5-11-18(12)16(19)17-15-10-9-13-7-2-3-8-14(13)15/h2-3,7-8,12,15H,4-6,9-11H2,1H3,(H,17,19). The van der Waals surface area contributed by atoms with Crippen LogP contribution < -0.4 is 5.32 Å². The SMILES string of the molecule is CC1CCCCN1C(=O)NC1CCc2ccccc21. The van der Waals surface area contributed by atoms with Crippen LogP contribution in [0.2, 0.25) is 0 Å². The van der Waals surface area contributed by atoms with E-state index >= 15 is 0 Å². The zero-order valence-electron chi connectivity index (χ0n) is 11.6. The number of nitrogens with one attached hydrogen (secondary N) is 1. The lowest BCUT2D eigenvalue weighted by Crippen LogP contribution is -2.48. The lowest BCUT2D eigenvalue weighted by molar-refractivity contribution is 0.155. The minimum atomic E-state index is 0.119. The first-order chi connectivity index (χ1) is 9.25. The van der Waals surface area contributed by atoms with Crippen molar-refractivity contribution < 1.29 is 4.79 Å². The van der Waals surface area contributed by atoms with Gasteiger partial charge in [-0.15, -0.1) is 0 Å². The first-order valence-electron chi connectivity index (χ1n) is 7.40. The van der Waals surface area contributed by atoms with Crippen LogP contribution in [0.15, 0.2) is 24.3 Å². The van der Waals surface area contributed by atoms with Crippen molar-refractivity contribution in [3.8, 4) is 0 Å². The van der Waals surface area contributed by atoms with Crippen LogP contribution in [0.1, 0.15) is 49.8 Å². The van der Waals surface area contributed by atoms with Gasteiger partial charge in [-0.05, 0) is 50.2 Å². The molecule has 19 heavy (non-hydrogen) atoms. The van der Waals surface area contributed by atoms with Crippen LogP contribution in [0.4, 0.5) is 4.79 Å². The van der Waals surface area contributed by atoms with Crippen LogP contribution in [-0.4, -0.2) is 23.5 Å². The number of fused-ring (bicyclic) bond motifs is 1. The molecule has 0 saturated carbocycles. The topological polar surface area (TPSA) is 32.3 Å². The van der Waals surface area contributed by atoms with E-state index in [-0.39, 0.29) is 12.1 Å². The maximum absolute atomic E-state index is 12.4. The van der Waals surface area contributed by atoms with Crippen LogP contribution in [-0.2, 0) is 6.42 Å². The number of benzene rings is 1. The van der Waals surface area contributed by atoms with E-state index in [1.165, 1.54) is 17.5 Å². The second kappa shape index (κ2) is 5.24. The van der Waals surface area contributed by atoms with Crippen molar-refractivity contribution in [2.75, 3.05) is 6.54 Å². The number of hydrogen-bond acceptors (Lipinski definition) is 1. The van der Waals surface area contributed by atoms with Crippen molar-refractivity contribution in [1.29, 1.82) is 0 Å². The lowest BCUT2D eigenvalue weighted by Gasteiger charge is -2.34. The zero-order chi connectivity index (χ0) is 13.2. The highest BCUT2D eigenvalue weighted by atomic mass is 16.2. The molecule has 3 rings (SSSR count). The molecule has 1 fully saturated rings. The van der Waals surface area contributed by atoms with E-state index in [1.54, 1.807) is 0 Å². The Morgan fingerprint density at radius 3 is 2.95 bits per heavy atom. The van der Waals surface area contributed by atoms with E-state index < -0.39 is 0 Å². The molecule has 0 spiro atoms. The molecule has 0 radical (unpaired) electrons. The van der Waals surface area contributed by atoms with Crippen molar-refractivity contribution in [3.05, 3.63) is 35.4 Å². The van der Waals surface area contributed by atoms with Gasteiger partial charge in [-0.25, -0.2) is 4.79 Å². The molecule has 0 bridgehead atoms. The Morgan fingerprint density at radius 2 is 2.11 bits per heavy atom. The minimum Gasteiger partial charge on any atom is -0.331 e. The highest BCUT2D eigenvalue weighted by Crippen LogP contribution is 2.31. The van der Waals surface area contributed by atoms with Gasteiger partial charge in [-0.1, -0.05) is 24.3 Å². The molecule has 1 aromatic carbocycles. The average Bonchev–Trinajstić information content (AvgIpc) is 2.83. The molecule has 1 N–H and O–H groups in total. The summed E-state index contributed by atoms with van der Waals surface area (Å²) >= 11 is 0. The highest BCUT2D eigenvalue weighted by molar-refractivity contribution is 5.75. The third kappa shape index (κ3) is 2.46. The summed E-state index contributed by atoms with van der Waals surface area (Å²) in [5, 5.41) is 3.22. The Balaban J connectivity index is 1.67. The molecule has 3 nitrogen and oxygen atoms in total. The number of hydrogen-bond donors (Lipinski definition) is 1. The van der Waals surface area contributed by atoms with Crippen molar-refractivity contribution in [2.45, 2.75) is 51.1 Å². The third-order valence-electron chi connectivity index (χ3n) is 4.49. The smallest absolute Gasteiger partial charge is 0.318 e. The Labute approximate surface area is 115 Å². The predicted octanol–water partition coefficient (Wildman–Crippen LogP) is 3.26. The molecule has 1 aromatic rings. The molecule has 0 aromatic heterocycles. The maximum atomic E-state index is 12.4. The van der Waals surface area contributed by atoms with Gasteiger partial charge in [0.15, 0.2) is 0 Å². The van der Waals surface area contributed by atoms with Gasteiger partial charge in [0.2, 0.25) is 0 Å². The molecule has 2 atom stereocenters. The molecule has 1 saturated heterocycles. The Hall–Kier alpha value is -1.51. The molecule has 2 aliphatic rings. The highest BCUT2D eigenvalue weighted by Gasteiger charge is 2.28. The Morgan fingerprint density at radius 1 is 1.26 bits per heavy atom. The lowest BCUT2D eigenvalue weighted by atomic mass is 10.0. The number of likely N-dealkylation sites (tertiary alicyclic amines) is 1. The number of rotatable bonds is 1. The summed E-state index contributed by atoms with van der Waals surface area (Å²) in [5.41, 5.74) is 2.69. The van der Waals surface area contributed by atoms with Crippen molar-refractivity contribution >= 4 is 6.03 Å². The fourth-order valence-electron chi connectivity index (χ4n) is 3.34. The van der Waals surface area contributed by atoms with Crippen LogP contribution in [0, 0.1) is 0 Å². The van der Waals surface area contributed by atoms with Gasteiger partial charge in [-0.2, -0.15) is 0 Å². The molecule has 1 aliphatic carbocycles. The fraction of sp³-hybridized carbons (Fsp3) is 0.562. The summed E-state index contributed by atoms with van der Waals surface area (Å²) < 4.78 is 0. The summed E-state index contributed by atoms with van der Waals surface area (Å²) in [6.45, 7) is 3.06. The zero-order valence-corrected chi connectivity index (χ0v) is 11.6. The van der Waals surface area contributed by atoms with Crippen LogP contribution in [0.25, 0.3) is 0 Å². The summed E-state index contributed by atoms with van der Waals surface area (Å²) in [5.74, 6) is 0. The number of nitrogens with zero attached hydrogens (tertiary/aromatic N) is 1. The van der Waals surface area contributed by atoms with Crippen LogP contribution in [0.5, 0.6) is 0 Å². The fourth-order valence-corrected chi connectivity index (χ4v) is 3.34. The average molecular weight is 258 g/mol. The molecule has 1 heterocycles. The number of carbonyl (C=O) groups is 1. The van der Waals surface area contributed by atoms with Gasteiger partial charge in [0.1, 0.15) is 0 Å². The van der Waals surface area contributed by atoms with Crippen LogP contribution in [0.3, 0.4) is 0 Å². The van der Waals surface area contributed by atoms with E-state index in [2.05, 4.69) is 36.5 Å². The van der Waals surface area contributed by atoms with Gasteiger partial charge in [0.25, 0.3) is 0 Å². The van der Waals surface area contributed by atoms with Crippen molar-refractivity contribution in [2.24, 2.45) is 0 Å². The number of carbonyl (C=O) groups excluding carboxylic acids is 1. The van der Waals surface area contributed by atoms with Crippen molar-refractivity contribution in [3.63, 3.8) is 0 Å². The molecule has 2 unspecified atom stereocenters. The monoisotopic (exact) mass is 258 g/mol. The predicted molar refractivity (Wildman–Crippen MR) is 76.1 cm³/mol. The molecular formula is C16H22N2O. The second-order valence-corrected chi connectivity index (χ2v) is 5.78. The third-order valence-corrected chi connectivity index (χ3v) is 4.49. The van der Waals surface area contributed by atoms with E-state index in [0.29, 0.717) is 6.04 Å². The van der Waals surface area contributed by atoms with E-state index in [0.717, 1.165) is 32.2 Å². The molecule has 102 valence electrons. The normalized spacial score (nSPS) is 26.1. The molecule has 1 aliphatic heterocycles. The summed E-state index contributed by atoms with van der Waals surface area (Å²) in [6.07, 6.45) is 5.63. The Kier molecular flexibility index (Phi) is 3.45. The van der Waals surface area contributed by atoms with Gasteiger partial charge in [0.05, 0.1) is 6.04 Å². The van der Waals surface area contributed by atoms with E-state index in [9.17, 15) is 4.79 Å². The summed E-state index contributed by atoms with van der Waals surface area (Å²) in [7, 11) is 0. The molecule has 3 heteroatoms. The largest absolute Gasteiger partial charge is 0.331 e. The number of urea groups is 1. The van der Waals surface area contributed by atoms with E-state index in [1.807, 2.05) is 4.90 Å². The Bertz CT molecular complexity index is 472. The second-order valence-electron chi connectivity index (χ2n) is 5.78. The molecular weight excluding hydrogens is 236 g/mol. The number of aryl methyl sites for hydroxylation is 1. The first-order valence-corrected chi connectivity index (χ1v) is 7.40. The number of piperidine rings is 1. The first kappa shape index (κ1) is 12.5. The summed E-state index contributed by atoms with van der Waals surface area (Å²) in [6, 6.07) is 9.16. The molecule has 2 amide bonds. The summed E-state index contributed by atoms with van der Waals surface area (Å²) in [4.78, 5) is 14.4. The quantitative estimate of drug-likeness (QED) is 0.824. The van der Waals surface area contributed by atoms with E-state index in [4.69, 9.17) is 0 Å². The minimum absolute atomic E-state index is 0.119. The van der Waals surface area contributed by atoms with Gasteiger partial charge in [0, 0.05) is 12.6 Å². The number of amides is 2. The van der Waals surface area contributed by atoms with Crippen LogP contribution >= 0.6 is 0 Å². The van der Waals surface area contributed by atoms with Gasteiger partial charge in [-0.3, -0.25) is 0 Å². The van der Waals surface area contributed by atoms with Gasteiger partial charge < -0.3 is 10.2 Å². The van der Waals surface area contributed by atoms with Gasteiger partial charge >= 0.3 is 6.03 Å². The maximum Gasteiger partial charge on any atom is 0.318 e.